The number of halogens is 1. The fourth-order valence-corrected chi connectivity index (χ4v) is 3.07. The van der Waals surface area contributed by atoms with Gasteiger partial charge >= 0.3 is 0 Å². The van der Waals surface area contributed by atoms with Crippen molar-refractivity contribution in [2.45, 2.75) is 18.9 Å². The van der Waals surface area contributed by atoms with E-state index >= 15 is 0 Å². The van der Waals surface area contributed by atoms with E-state index in [4.69, 9.17) is 21.7 Å². The molecule has 0 bridgehead atoms. The van der Waals surface area contributed by atoms with Crippen molar-refractivity contribution < 1.29 is 5.11 Å². The van der Waals surface area contributed by atoms with Crippen molar-refractivity contribution in [1.29, 1.82) is 0 Å². The van der Waals surface area contributed by atoms with Crippen molar-refractivity contribution in [2.24, 2.45) is 0 Å². The van der Waals surface area contributed by atoms with Gasteiger partial charge in [0.15, 0.2) is 5.82 Å². The average Bonchev–Trinajstić information content (AvgIpc) is 2.96. The molecule has 1 fully saturated rings. The molecule has 0 unspecified atom stereocenters. The smallest absolute Gasteiger partial charge is 0.159 e. The van der Waals surface area contributed by atoms with Crippen LogP contribution in [0.1, 0.15) is 24.6 Å². The highest BCUT2D eigenvalue weighted by molar-refractivity contribution is 6.30. The lowest BCUT2D eigenvalue weighted by Crippen LogP contribution is -2.27. The molecule has 0 aliphatic carbocycles. The molecule has 1 saturated heterocycles. The second kappa shape index (κ2) is 6.52. The van der Waals surface area contributed by atoms with Crippen molar-refractivity contribution in [3.63, 3.8) is 0 Å². The summed E-state index contributed by atoms with van der Waals surface area (Å²) in [5.41, 5.74) is 1.95. The second-order valence-electron chi connectivity index (χ2n) is 5.23. The highest BCUT2D eigenvalue weighted by Crippen LogP contribution is 2.31. The predicted octanol–water partition coefficient (Wildman–Crippen LogP) is 2.93. The molecule has 0 saturated carbocycles. The Bertz CT molecular complexity index is 620. The Morgan fingerprint density at radius 2 is 2.24 bits per heavy atom. The molecule has 1 aliphatic heterocycles. The van der Waals surface area contributed by atoms with Gasteiger partial charge in [-0.3, -0.25) is 4.90 Å². The van der Waals surface area contributed by atoms with E-state index in [9.17, 15) is 0 Å². The summed E-state index contributed by atoms with van der Waals surface area (Å²) >= 11 is 6.03. The molecule has 4 nitrogen and oxygen atoms in total. The van der Waals surface area contributed by atoms with E-state index in [1.165, 1.54) is 0 Å². The number of aliphatic hydroxyl groups is 1. The minimum Gasteiger partial charge on any atom is -0.395 e. The molecule has 21 heavy (non-hydrogen) atoms. The molecule has 5 heteroatoms. The van der Waals surface area contributed by atoms with Gasteiger partial charge in [-0.15, -0.1) is 0 Å². The van der Waals surface area contributed by atoms with Gasteiger partial charge in [0, 0.05) is 23.3 Å². The molecule has 1 aromatic heterocycles. The van der Waals surface area contributed by atoms with E-state index in [1.807, 2.05) is 30.3 Å². The molecule has 2 aromatic rings. The van der Waals surface area contributed by atoms with Crippen LogP contribution in [0.25, 0.3) is 11.4 Å². The largest absolute Gasteiger partial charge is 0.395 e. The molecule has 1 atom stereocenters. The van der Waals surface area contributed by atoms with Crippen LogP contribution >= 0.6 is 11.6 Å². The monoisotopic (exact) mass is 303 g/mol. The number of nitrogens with zero attached hydrogens (tertiary/aromatic N) is 3. The third kappa shape index (κ3) is 3.23. The van der Waals surface area contributed by atoms with Crippen LogP contribution in [-0.2, 0) is 0 Å². The van der Waals surface area contributed by atoms with Crippen molar-refractivity contribution >= 4 is 11.6 Å². The van der Waals surface area contributed by atoms with Gasteiger partial charge in [0.25, 0.3) is 0 Å². The van der Waals surface area contributed by atoms with Crippen LogP contribution < -0.4 is 0 Å². The summed E-state index contributed by atoms with van der Waals surface area (Å²) in [5, 5.41) is 9.85. The number of hydrogen-bond donors (Lipinski definition) is 1. The summed E-state index contributed by atoms with van der Waals surface area (Å²) in [6, 6.07) is 9.83. The van der Waals surface area contributed by atoms with Crippen molar-refractivity contribution in [1.82, 2.24) is 14.9 Å². The maximum absolute atomic E-state index is 9.17. The topological polar surface area (TPSA) is 49.2 Å². The van der Waals surface area contributed by atoms with Crippen molar-refractivity contribution in [3.05, 3.63) is 47.2 Å². The zero-order valence-corrected chi connectivity index (χ0v) is 12.5. The van der Waals surface area contributed by atoms with Gasteiger partial charge < -0.3 is 5.11 Å². The Labute approximate surface area is 129 Å². The predicted molar refractivity (Wildman–Crippen MR) is 83.1 cm³/mol. The van der Waals surface area contributed by atoms with Crippen LogP contribution in [0.4, 0.5) is 0 Å². The fraction of sp³-hybridized carbons (Fsp3) is 0.375. The Balaban J connectivity index is 1.89. The zero-order valence-electron chi connectivity index (χ0n) is 11.7. The summed E-state index contributed by atoms with van der Waals surface area (Å²) < 4.78 is 0. The first-order valence-electron chi connectivity index (χ1n) is 7.22. The summed E-state index contributed by atoms with van der Waals surface area (Å²) in [7, 11) is 0. The molecule has 1 aliphatic rings. The summed E-state index contributed by atoms with van der Waals surface area (Å²) in [6.45, 7) is 1.89. The van der Waals surface area contributed by atoms with Crippen LogP contribution in [-0.4, -0.2) is 39.7 Å². The van der Waals surface area contributed by atoms with Gasteiger partial charge in [-0.25, -0.2) is 9.97 Å². The van der Waals surface area contributed by atoms with Gasteiger partial charge in [0.05, 0.1) is 18.3 Å². The number of benzene rings is 1. The van der Waals surface area contributed by atoms with Crippen LogP contribution in [0.15, 0.2) is 36.5 Å². The van der Waals surface area contributed by atoms with E-state index in [2.05, 4.69) is 9.88 Å². The summed E-state index contributed by atoms with van der Waals surface area (Å²) in [6.07, 6.45) is 4.02. The maximum atomic E-state index is 9.17. The number of aliphatic hydroxyl groups excluding tert-OH is 1. The molecule has 0 spiro atoms. The lowest BCUT2D eigenvalue weighted by atomic mass is 10.1. The third-order valence-corrected chi connectivity index (χ3v) is 4.09. The minimum atomic E-state index is 0.183. The first-order valence-corrected chi connectivity index (χ1v) is 7.59. The van der Waals surface area contributed by atoms with E-state index in [0.717, 1.165) is 30.6 Å². The van der Waals surface area contributed by atoms with Crippen molar-refractivity contribution in [3.8, 4) is 11.4 Å². The quantitative estimate of drug-likeness (QED) is 0.943. The van der Waals surface area contributed by atoms with Gasteiger partial charge in [-0.2, -0.15) is 0 Å². The molecule has 2 heterocycles. The SMILES string of the molecule is OCCN1CCC[C@H]1c1ccnc(-c2cccc(Cl)c2)n1. The van der Waals surface area contributed by atoms with Gasteiger partial charge in [-0.05, 0) is 37.6 Å². The first kappa shape index (κ1) is 14.4. The molecular formula is C16H18ClN3O. The molecule has 110 valence electrons. The zero-order chi connectivity index (χ0) is 14.7. The minimum absolute atomic E-state index is 0.183. The first-order chi connectivity index (χ1) is 10.3. The number of likely N-dealkylation sites (tertiary alicyclic amines) is 1. The molecule has 3 rings (SSSR count). The Morgan fingerprint density at radius 3 is 3.05 bits per heavy atom. The molecule has 0 amide bonds. The highest BCUT2D eigenvalue weighted by atomic mass is 35.5. The Morgan fingerprint density at radius 1 is 1.33 bits per heavy atom. The van der Waals surface area contributed by atoms with E-state index in [0.29, 0.717) is 17.4 Å². The van der Waals surface area contributed by atoms with Crippen LogP contribution in [0.3, 0.4) is 0 Å². The van der Waals surface area contributed by atoms with E-state index in [-0.39, 0.29) is 12.6 Å². The molecule has 1 N–H and O–H groups in total. The van der Waals surface area contributed by atoms with Gasteiger partial charge in [0.2, 0.25) is 0 Å². The standard InChI is InChI=1S/C16H18ClN3O/c17-13-4-1-3-12(11-13)16-18-7-6-14(19-16)15-5-2-8-20(15)9-10-21/h1,3-4,6-7,11,15,21H,2,5,8-10H2/t15-/m0/s1. The number of aromatic nitrogens is 2. The molecule has 0 radical (unpaired) electrons. The number of β-amino-alcohol motifs (C(OH)–C–C–N with tert-alkyl or cyclic N) is 1. The molecule has 1 aromatic carbocycles. The third-order valence-electron chi connectivity index (χ3n) is 3.85. The second-order valence-corrected chi connectivity index (χ2v) is 5.67. The van der Waals surface area contributed by atoms with Crippen LogP contribution in [0, 0.1) is 0 Å². The number of hydrogen-bond acceptors (Lipinski definition) is 4. The normalized spacial score (nSPS) is 19.0. The Hall–Kier alpha value is -1.49. The van der Waals surface area contributed by atoms with Crippen LogP contribution in [0.2, 0.25) is 5.02 Å². The average molecular weight is 304 g/mol. The Kier molecular flexibility index (Phi) is 4.48. The van der Waals surface area contributed by atoms with Gasteiger partial charge in [-0.1, -0.05) is 23.7 Å². The summed E-state index contributed by atoms with van der Waals surface area (Å²) in [5.74, 6) is 0.700. The maximum Gasteiger partial charge on any atom is 0.159 e. The van der Waals surface area contributed by atoms with Gasteiger partial charge in [0.1, 0.15) is 0 Å². The van der Waals surface area contributed by atoms with E-state index in [1.54, 1.807) is 6.20 Å². The lowest BCUT2D eigenvalue weighted by molar-refractivity contribution is 0.183. The molecular weight excluding hydrogens is 286 g/mol. The lowest BCUT2D eigenvalue weighted by Gasteiger charge is -2.23. The number of rotatable bonds is 4. The summed E-state index contributed by atoms with van der Waals surface area (Å²) in [4.78, 5) is 11.3. The van der Waals surface area contributed by atoms with Crippen LogP contribution in [0.5, 0.6) is 0 Å². The van der Waals surface area contributed by atoms with Crippen molar-refractivity contribution in [2.75, 3.05) is 19.7 Å². The fourth-order valence-electron chi connectivity index (χ4n) is 2.88. The highest BCUT2D eigenvalue weighted by Gasteiger charge is 2.26. The van der Waals surface area contributed by atoms with E-state index < -0.39 is 0 Å².